The van der Waals surface area contributed by atoms with Gasteiger partial charge in [-0.05, 0) is 13.0 Å². The maximum Gasteiger partial charge on any atom is 0.170 e. The molecule has 1 aromatic heterocycles. The van der Waals surface area contributed by atoms with E-state index in [9.17, 15) is 0 Å². The Morgan fingerprint density at radius 2 is 2.11 bits per heavy atom. The third-order valence-corrected chi connectivity index (χ3v) is 3.03. The minimum Gasteiger partial charge on any atom is -0.497 e. The third kappa shape index (κ3) is 2.85. The molecule has 0 aliphatic rings. The Morgan fingerprint density at radius 1 is 1.32 bits per heavy atom. The molecule has 0 radical (unpaired) electrons. The van der Waals surface area contributed by atoms with E-state index in [1.54, 1.807) is 7.11 Å². The number of ether oxygens (including phenoxy) is 2. The van der Waals surface area contributed by atoms with Crippen LogP contribution in [0.1, 0.15) is 17.2 Å². The molecule has 0 atom stereocenters. The standard InChI is InChI=1S/C13H18N4O2/c1-9-15-16-13(17(9)2)8-19-12-6-11(18-3)5-4-10(12)7-14/h4-6H,7-8,14H2,1-3H3. The Labute approximate surface area is 112 Å². The summed E-state index contributed by atoms with van der Waals surface area (Å²) in [6, 6.07) is 5.59. The van der Waals surface area contributed by atoms with Gasteiger partial charge in [0, 0.05) is 25.2 Å². The van der Waals surface area contributed by atoms with E-state index >= 15 is 0 Å². The van der Waals surface area contributed by atoms with Crippen LogP contribution in [-0.2, 0) is 20.2 Å². The molecule has 2 aromatic rings. The summed E-state index contributed by atoms with van der Waals surface area (Å²) in [5.41, 5.74) is 6.62. The molecule has 0 aliphatic heterocycles. The zero-order chi connectivity index (χ0) is 13.8. The monoisotopic (exact) mass is 262 g/mol. The van der Waals surface area contributed by atoms with Crippen molar-refractivity contribution in [3.05, 3.63) is 35.4 Å². The van der Waals surface area contributed by atoms with E-state index in [1.807, 2.05) is 36.7 Å². The van der Waals surface area contributed by atoms with E-state index in [1.165, 1.54) is 0 Å². The van der Waals surface area contributed by atoms with E-state index in [-0.39, 0.29) is 0 Å². The van der Waals surface area contributed by atoms with Crippen LogP contribution in [0.2, 0.25) is 0 Å². The fourth-order valence-electron chi connectivity index (χ4n) is 1.68. The van der Waals surface area contributed by atoms with E-state index in [0.29, 0.717) is 18.9 Å². The molecular formula is C13H18N4O2. The van der Waals surface area contributed by atoms with Crippen LogP contribution in [0.3, 0.4) is 0 Å². The summed E-state index contributed by atoms with van der Waals surface area (Å²) in [6.45, 7) is 2.65. The maximum absolute atomic E-state index is 5.77. The molecule has 2 N–H and O–H groups in total. The van der Waals surface area contributed by atoms with Crippen molar-refractivity contribution in [2.24, 2.45) is 12.8 Å². The highest BCUT2D eigenvalue weighted by Gasteiger charge is 2.09. The topological polar surface area (TPSA) is 75.2 Å². The van der Waals surface area contributed by atoms with Crippen molar-refractivity contribution >= 4 is 0 Å². The number of hydrogen-bond donors (Lipinski definition) is 1. The second kappa shape index (κ2) is 5.71. The highest BCUT2D eigenvalue weighted by atomic mass is 16.5. The zero-order valence-corrected chi connectivity index (χ0v) is 11.4. The van der Waals surface area contributed by atoms with Gasteiger partial charge < -0.3 is 19.8 Å². The highest BCUT2D eigenvalue weighted by molar-refractivity contribution is 5.40. The molecular weight excluding hydrogens is 244 g/mol. The summed E-state index contributed by atoms with van der Waals surface area (Å²) in [5, 5.41) is 8.04. The molecule has 0 bridgehead atoms. The molecule has 6 heteroatoms. The Morgan fingerprint density at radius 3 is 2.68 bits per heavy atom. The Kier molecular flexibility index (Phi) is 4.01. The lowest BCUT2D eigenvalue weighted by Gasteiger charge is -2.11. The van der Waals surface area contributed by atoms with Crippen molar-refractivity contribution in [2.45, 2.75) is 20.1 Å². The predicted molar refractivity (Wildman–Crippen MR) is 71.0 cm³/mol. The van der Waals surface area contributed by atoms with E-state index < -0.39 is 0 Å². The summed E-state index contributed by atoms with van der Waals surface area (Å²) in [4.78, 5) is 0. The van der Waals surface area contributed by atoms with Gasteiger partial charge in [-0.1, -0.05) is 6.07 Å². The fourth-order valence-corrected chi connectivity index (χ4v) is 1.68. The molecule has 2 rings (SSSR count). The Hall–Kier alpha value is -2.08. The second-order valence-corrected chi connectivity index (χ2v) is 4.19. The molecule has 0 unspecified atom stereocenters. The number of hydrogen-bond acceptors (Lipinski definition) is 5. The smallest absolute Gasteiger partial charge is 0.170 e. The molecule has 0 saturated carbocycles. The molecule has 0 saturated heterocycles. The SMILES string of the molecule is COc1ccc(CN)c(OCc2nnc(C)n2C)c1. The van der Waals surface area contributed by atoms with Crippen LogP contribution in [0.5, 0.6) is 11.5 Å². The minimum absolute atomic E-state index is 0.345. The van der Waals surface area contributed by atoms with Gasteiger partial charge in [0.1, 0.15) is 23.9 Å². The quantitative estimate of drug-likeness (QED) is 0.875. The van der Waals surface area contributed by atoms with Crippen LogP contribution in [0.25, 0.3) is 0 Å². The Balaban J connectivity index is 2.16. The average Bonchev–Trinajstić information content (AvgIpc) is 2.76. The first kappa shape index (κ1) is 13.4. The molecule has 1 heterocycles. The fraction of sp³-hybridized carbons (Fsp3) is 0.385. The van der Waals surface area contributed by atoms with Gasteiger partial charge in [-0.3, -0.25) is 0 Å². The minimum atomic E-state index is 0.345. The van der Waals surface area contributed by atoms with E-state index in [0.717, 1.165) is 23.0 Å². The van der Waals surface area contributed by atoms with Crippen molar-refractivity contribution in [3.63, 3.8) is 0 Å². The van der Waals surface area contributed by atoms with Gasteiger partial charge in [-0.2, -0.15) is 0 Å². The summed E-state index contributed by atoms with van der Waals surface area (Å²) in [6.07, 6.45) is 0. The van der Waals surface area contributed by atoms with Crippen LogP contribution in [0, 0.1) is 6.92 Å². The van der Waals surface area contributed by atoms with Gasteiger partial charge in [0.2, 0.25) is 0 Å². The summed E-state index contributed by atoms with van der Waals surface area (Å²) in [5.74, 6) is 3.07. The number of nitrogens with zero attached hydrogens (tertiary/aromatic N) is 3. The summed E-state index contributed by atoms with van der Waals surface area (Å²) in [7, 11) is 3.52. The van der Waals surface area contributed by atoms with Crippen LogP contribution in [-0.4, -0.2) is 21.9 Å². The van der Waals surface area contributed by atoms with E-state index in [4.69, 9.17) is 15.2 Å². The van der Waals surface area contributed by atoms with Gasteiger partial charge in [0.15, 0.2) is 5.82 Å². The average molecular weight is 262 g/mol. The van der Waals surface area contributed by atoms with Gasteiger partial charge in [0.25, 0.3) is 0 Å². The van der Waals surface area contributed by atoms with Gasteiger partial charge in [-0.15, -0.1) is 10.2 Å². The van der Waals surface area contributed by atoms with Crippen molar-refractivity contribution in [1.29, 1.82) is 0 Å². The number of methoxy groups -OCH3 is 1. The second-order valence-electron chi connectivity index (χ2n) is 4.19. The molecule has 0 amide bonds. The predicted octanol–water partition coefficient (Wildman–Crippen LogP) is 1.17. The first-order valence-electron chi connectivity index (χ1n) is 6.00. The number of aryl methyl sites for hydroxylation is 1. The van der Waals surface area contributed by atoms with Crippen LogP contribution in [0.15, 0.2) is 18.2 Å². The van der Waals surface area contributed by atoms with Gasteiger partial charge >= 0.3 is 0 Å². The van der Waals surface area contributed by atoms with Crippen molar-refractivity contribution < 1.29 is 9.47 Å². The number of aromatic nitrogens is 3. The van der Waals surface area contributed by atoms with Crippen LogP contribution in [0.4, 0.5) is 0 Å². The molecule has 102 valence electrons. The van der Waals surface area contributed by atoms with Gasteiger partial charge in [-0.25, -0.2) is 0 Å². The molecule has 6 nitrogen and oxygen atoms in total. The molecule has 0 spiro atoms. The molecule has 19 heavy (non-hydrogen) atoms. The summed E-state index contributed by atoms with van der Waals surface area (Å²) < 4.78 is 12.8. The molecule has 0 aliphatic carbocycles. The van der Waals surface area contributed by atoms with Crippen LogP contribution < -0.4 is 15.2 Å². The first-order valence-corrected chi connectivity index (χ1v) is 6.00. The molecule has 1 aromatic carbocycles. The summed E-state index contributed by atoms with van der Waals surface area (Å²) >= 11 is 0. The Bertz CT molecular complexity index is 566. The zero-order valence-electron chi connectivity index (χ0n) is 11.4. The maximum atomic E-state index is 5.77. The number of rotatable bonds is 5. The normalized spacial score (nSPS) is 10.5. The van der Waals surface area contributed by atoms with E-state index in [2.05, 4.69) is 10.2 Å². The van der Waals surface area contributed by atoms with Crippen molar-refractivity contribution in [2.75, 3.05) is 7.11 Å². The lowest BCUT2D eigenvalue weighted by Crippen LogP contribution is -2.07. The van der Waals surface area contributed by atoms with Crippen molar-refractivity contribution in [1.82, 2.24) is 14.8 Å². The number of benzene rings is 1. The third-order valence-electron chi connectivity index (χ3n) is 3.03. The lowest BCUT2D eigenvalue weighted by atomic mass is 10.2. The molecule has 0 fully saturated rings. The number of nitrogens with two attached hydrogens (primary N) is 1. The largest absolute Gasteiger partial charge is 0.497 e. The first-order chi connectivity index (χ1) is 9.15. The van der Waals surface area contributed by atoms with Crippen LogP contribution >= 0.6 is 0 Å². The van der Waals surface area contributed by atoms with Gasteiger partial charge in [0.05, 0.1) is 7.11 Å². The van der Waals surface area contributed by atoms with Crippen molar-refractivity contribution in [3.8, 4) is 11.5 Å². The highest BCUT2D eigenvalue weighted by Crippen LogP contribution is 2.25. The lowest BCUT2D eigenvalue weighted by molar-refractivity contribution is 0.286.